The number of carbonyl (C=O) groups excluding carboxylic acids is 1. The highest BCUT2D eigenvalue weighted by Gasteiger charge is 2.24. The first-order chi connectivity index (χ1) is 12.0. The molecule has 0 bridgehead atoms. The number of amides is 1. The number of nitro benzene ring substituents is 1. The average Bonchev–Trinajstić information content (AvgIpc) is 2.93. The molecule has 126 valence electrons. The molecule has 0 saturated carbocycles. The molecule has 3 aromatic rings. The predicted molar refractivity (Wildman–Crippen MR) is 90.7 cm³/mol. The average molecular weight is 360 g/mol. The summed E-state index contributed by atoms with van der Waals surface area (Å²) in [6.07, 6.45) is 0. The van der Waals surface area contributed by atoms with Gasteiger partial charge in [-0.25, -0.2) is 4.39 Å². The molecule has 2 aromatic carbocycles. The number of para-hydroxylation sites is 1. The standard InChI is InChI=1S/C17H10F2N2O3S/c18-13-9-25-16(19)15(13)12-8-10(6-7-14(12)21(23)24)17(22)20-11-4-2-1-3-5-11/h1-9H,(H,20,22). The Morgan fingerprint density at radius 3 is 2.44 bits per heavy atom. The maximum atomic E-state index is 13.9. The third kappa shape index (κ3) is 3.38. The first-order valence-electron chi connectivity index (χ1n) is 7.05. The van der Waals surface area contributed by atoms with Crippen LogP contribution < -0.4 is 5.32 Å². The van der Waals surface area contributed by atoms with Crippen LogP contribution in [0.2, 0.25) is 0 Å². The highest BCUT2D eigenvalue weighted by atomic mass is 32.1. The van der Waals surface area contributed by atoms with Crippen molar-refractivity contribution in [2.24, 2.45) is 0 Å². The molecule has 1 heterocycles. The zero-order valence-corrected chi connectivity index (χ0v) is 13.3. The van der Waals surface area contributed by atoms with Gasteiger partial charge < -0.3 is 5.32 Å². The van der Waals surface area contributed by atoms with Gasteiger partial charge in [-0.05, 0) is 24.3 Å². The van der Waals surface area contributed by atoms with Crippen LogP contribution >= 0.6 is 11.3 Å². The second-order valence-electron chi connectivity index (χ2n) is 5.04. The lowest BCUT2D eigenvalue weighted by Gasteiger charge is -2.08. The lowest BCUT2D eigenvalue weighted by molar-refractivity contribution is -0.384. The Morgan fingerprint density at radius 2 is 1.84 bits per heavy atom. The van der Waals surface area contributed by atoms with Crippen molar-refractivity contribution in [3.8, 4) is 11.1 Å². The van der Waals surface area contributed by atoms with Gasteiger partial charge in [0.15, 0.2) is 5.13 Å². The van der Waals surface area contributed by atoms with E-state index >= 15 is 0 Å². The minimum atomic E-state index is -0.911. The number of hydrogen-bond donors (Lipinski definition) is 1. The van der Waals surface area contributed by atoms with Gasteiger partial charge >= 0.3 is 0 Å². The van der Waals surface area contributed by atoms with Crippen molar-refractivity contribution in [1.29, 1.82) is 0 Å². The van der Waals surface area contributed by atoms with Crippen molar-refractivity contribution in [3.63, 3.8) is 0 Å². The van der Waals surface area contributed by atoms with Gasteiger partial charge in [0.1, 0.15) is 5.82 Å². The Kier molecular flexibility index (Phi) is 4.53. The summed E-state index contributed by atoms with van der Waals surface area (Å²) >= 11 is 0.498. The van der Waals surface area contributed by atoms with Crippen molar-refractivity contribution < 1.29 is 18.5 Å². The van der Waals surface area contributed by atoms with Crippen LogP contribution in [0.5, 0.6) is 0 Å². The van der Waals surface area contributed by atoms with E-state index < -0.39 is 33.0 Å². The molecule has 0 atom stereocenters. The van der Waals surface area contributed by atoms with Crippen molar-refractivity contribution in [1.82, 2.24) is 0 Å². The summed E-state index contributed by atoms with van der Waals surface area (Å²) in [7, 11) is 0. The quantitative estimate of drug-likeness (QED) is 0.534. The second kappa shape index (κ2) is 6.78. The highest BCUT2D eigenvalue weighted by Crippen LogP contribution is 2.37. The Hall–Kier alpha value is -3.13. The lowest BCUT2D eigenvalue weighted by Crippen LogP contribution is -2.12. The van der Waals surface area contributed by atoms with Gasteiger partial charge in [0.05, 0.1) is 16.1 Å². The van der Waals surface area contributed by atoms with E-state index in [1.165, 1.54) is 6.07 Å². The third-order valence-corrected chi connectivity index (χ3v) is 4.19. The Labute approximate surface area is 144 Å². The maximum absolute atomic E-state index is 13.9. The molecular weight excluding hydrogens is 350 g/mol. The summed E-state index contributed by atoms with van der Waals surface area (Å²) in [4.78, 5) is 22.8. The van der Waals surface area contributed by atoms with Gasteiger partial charge in [-0.2, -0.15) is 4.39 Å². The van der Waals surface area contributed by atoms with E-state index in [-0.39, 0.29) is 11.1 Å². The van der Waals surface area contributed by atoms with Gasteiger partial charge in [-0.3, -0.25) is 14.9 Å². The number of thiophene rings is 1. The number of rotatable bonds is 4. The topological polar surface area (TPSA) is 72.2 Å². The van der Waals surface area contributed by atoms with Crippen LogP contribution in [0.15, 0.2) is 53.9 Å². The van der Waals surface area contributed by atoms with E-state index in [1.54, 1.807) is 30.3 Å². The summed E-state index contributed by atoms with van der Waals surface area (Å²) < 4.78 is 27.7. The number of carbonyl (C=O) groups is 1. The minimum Gasteiger partial charge on any atom is -0.322 e. The van der Waals surface area contributed by atoms with Crippen LogP contribution in [-0.2, 0) is 0 Å². The molecule has 25 heavy (non-hydrogen) atoms. The van der Waals surface area contributed by atoms with Gasteiger partial charge in [0.25, 0.3) is 11.6 Å². The number of nitro groups is 1. The van der Waals surface area contributed by atoms with Crippen LogP contribution in [0, 0.1) is 21.1 Å². The molecule has 0 unspecified atom stereocenters. The summed E-state index contributed by atoms with van der Waals surface area (Å²) in [6, 6.07) is 12.0. The molecular formula is C17H10F2N2O3S. The molecule has 0 saturated heterocycles. The van der Waals surface area contributed by atoms with Crippen molar-refractivity contribution >= 4 is 28.6 Å². The fourth-order valence-electron chi connectivity index (χ4n) is 2.31. The molecule has 5 nitrogen and oxygen atoms in total. The van der Waals surface area contributed by atoms with Crippen LogP contribution in [0.25, 0.3) is 11.1 Å². The first-order valence-corrected chi connectivity index (χ1v) is 7.93. The summed E-state index contributed by atoms with van der Waals surface area (Å²) in [5.41, 5.74) is -0.685. The molecule has 3 rings (SSSR count). The van der Waals surface area contributed by atoms with E-state index in [1.807, 2.05) is 0 Å². The van der Waals surface area contributed by atoms with Crippen molar-refractivity contribution in [3.05, 3.63) is 80.5 Å². The van der Waals surface area contributed by atoms with Crippen LogP contribution in [0.4, 0.5) is 20.2 Å². The molecule has 0 aliphatic carbocycles. The van der Waals surface area contributed by atoms with Crippen molar-refractivity contribution in [2.45, 2.75) is 0 Å². The van der Waals surface area contributed by atoms with E-state index in [0.29, 0.717) is 17.0 Å². The molecule has 8 heteroatoms. The van der Waals surface area contributed by atoms with Gasteiger partial charge in [-0.15, -0.1) is 11.3 Å². The van der Waals surface area contributed by atoms with Crippen molar-refractivity contribution in [2.75, 3.05) is 5.32 Å². The molecule has 1 aromatic heterocycles. The first kappa shape index (κ1) is 16.7. The SMILES string of the molecule is O=C(Nc1ccccc1)c1ccc([N+](=O)[O-])c(-c2c(F)csc2F)c1. The summed E-state index contributed by atoms with van der Waals surface area (Å²) in [5.74, 6) is -1.45. The van der Waals surface area contributed by atoms with E-state index in [9.17, 15) is 23.7 Å². The molecule has 0 aliphatic rings. The van der Waals surface area contributed by atoms with Gasteiger partial charge in [0.2, 0.25) is 0 Å². The maximum Gasteiger partial charge on any atom is 0.277 e. The molecule has 0 radical (unpaired) electrons. The van der Waals surface area contributed by atoms with Gasteiger partial charge in [-0.1, -0.05) is 18.2 Å². The third-order valence-electron chi connectivity index (χ3n) is 3.46. The second-order valence-corrected chi connectivity index (χ2v) is 5.87. The zero-order chi connectivity index (χ0) is 18.0. The molecule has 1 N–H and O–H groups in total. The Morgan fingerprint density at radius 1 is 1.12 bits per heavy atom. The number of anilines is 1. The Bertz CT molecular complexity index is 938. The molecule has 0 aliphatic heterocycles. The largest absolute Gasteiger partial charge is 0.322 e. The highest BCUT2D eigenvalue weighted by molar-refractivity contribution is 7.08. The molecule has 0 fully saturated rings. The number of hydrogen-bond acceptors (Lipinski definition) is 4. The number of nitrogens with one attached hydrogen (secondary N) is 1. The smallest absolute Gasteiger partial charge is 0.277 e. The number of benzene rings is 2. The van der Waals surface area contributed by atoms with E-state index in [4.69, 9.17) is 0 Å². The monoisotopic (exact) mass is 360 g/mol. The van der Waals surface area contributed by atoms with E-state index in [0.717, 1.165) is 17.5 Å². The number of nitrogens with zero attached hydrogens (tertiary/aromatic N) is 1. The van der Waals surface area contributed by atoms with Crippen LogP contribution in [-0.4, -0.2) is 10.8 Å². The predicted octanol–water partition coefficient (Wildman–Crippen LogP) is 4.85. The molecule has 0 spiro atoms. The minimum absolute atomic E-state index is 0.0504. The lowest BCUT2D eigenvalue weighted by atomic mass is 10.0. The fourth-order valence-corrected chi connectivity index (χ4v) is 2.96. The van der Waals surface area contributed by atoms with Gasteiger partial charge in [0, 0.05) is 22.7 Å². The van der Waals surface area contributed by atoms with E-state index in [2.05, 4.69) is 5.32 Å². The van der Waals surface area contributed by atoms with Crippen LogP contribution in [0.3, 0.4) is 0 Å². The normalized spacial score (nSPS) is 10.5. The summed E-state index contributed by atoms with van der Waals surface area (Å²) in [6.45, 7) is 0. The molecule has 1 amide bonds. The fraction of sp³-hybridized carbons (Fsp3) is 0. The summed E-state index contributed by atoms with van der Waals surface area (Å²) in [5, 5.41) is 13.8. The van der Waals surface area contributed by atoms with Crippen LogP contribution in [0.1, 0.15) is 10.4 Å². The zero-order valence-electron chi connectivity index (χ0n) is 12.5. The number of halogens is 2. The Balaban J connectivity index is 2.04.